The van der Waals surface area contributed by atoms with Gasteiger partial charge in [0.15, 0.2) is 5.79 Å². The third kappa shape index (κ3) is 4.38. The fourth-order valence-electron chi connectivity index (χ4n) is 5.08. The van der Waals surface area contributed by atoms with Crippen LogP contribution in [0.2, 0.25) is 0 Å². The van der Waals surface area contributed by atoms with E-state index in [4.69, 9.17) is 18.4 Å². The summed E-state index contributed by atoms with van der Waals surface area (Å²) in [5.41, 5.74) is 4.54. The third-order valence-electron chi connectivity index (χ3n) is 6.28. The van der Waals surface area contributed by atoms with E-state index in [9.17, 15) is 13.2 Å². The highest BCUT2D eigenvalue weighted by Crippen LogP contribution is 2.44. The van der Waals surface area contributed by atoms with Crippen LogP contribution in [-0.4, -0.2) is 69.5 Å². The molecule has 176 valence electrons. The van der Waals surface area contributed by atoms with Gasteiger partial charge in [-0.05, 0) is 36.1 Å². The molecule has 3 aliphatic rings. The van der Waals surface area contributed by atoms with Crippen LogP contribution in [0.3, 0.4) is 0 Å². The van der Waals surface area contributed by atoms with Crippen LogP contribution in [0.4, 0.5) is 4.79 Å². The molecule has 33 heavy (non-hydrogen) atoms. The average molecular weight is 474 g/mol. The number of amides is 1. The second-order valence-corrected chi connectivity index (χ2v) is 10.8. The predicted molar refractivity (Wildman–Crippen MR) is 120 cm³/mol. The van der Waals surface area contributed by atoms with Crippen molar-refractivity contribution < 1.29 is 31.6 Å². The standard InChI is InChI=1S/C24H27NO7S/c1-24(2)30-20-12-25(13-21(22(20)31-24)32-33(3,27)28)23(26)29-14-19-17-10-6-4-8-15(17)16-9-5-7-11-18(16)19/h4-11,19-22H,12-14H2,1-3H3/t20-,21+,22-/m0/s1. The Hall–Kier alpha value is -2.46. The van der Waals surface area contributed by atoms with Gasteiger partial charge in [0.25, 0.3) is 10.1 Å². The van der Waals surface area contributed by atoms with E-state index in [1.54, 1.807) is 13.8 Å². The monoisotopic (exact) mass is 473 g/mol. The van der Waals surface area contributed by atoms with Crippen LogP contribution in [0.1, 0.15) is 30.9 Å². The Morgan fingerprint density at radius 3 is 2.24 bits per heavy atom. The van der Waals surface area contributed by atoms with E-state index in [0.717, 1.165) is 28.5 Å². The second-order valence-electron chi connectivity index (χ2n) is 9.19. The highest BCUT2D eigenvalue weighted by molar-refractivity contribution is 7.86. The Labute approximate surface area is 193 Å². The zero-order valence-corrected chi connectivity index (χ0v) is 19.6. The van der Waals surface area contributed by atoms with E-state index in [-0.39, 0.29) is 25.6 Å². The fraction of sp³-hybridized carbons (Fsp3) is 0.458. The van der Waals surface area contributed by atoms with Crippen molar-refractivity contribution in [3.05, 3.63) is 59.7 Å². The Morgan fingerprint density at radius 2 is 1.64 bits per heavy atom. The van der Waals surface area contributed by atoms with Gasteiger partial charge in [0, 0.05) is 5.92 Å². The maximum Gasteiger partial charge on any atom is 0.409 e. The molecule has 8 nitrogen and oxygen atoms in total. The zero-order chi connectivity index (χ0) is 23.4. The molecule has 0 unspecified atom stereocenters. The Bertz CT molecular complexity index is 1130. The van der Waals surface area contributed by atoms with Crippen LogP contribution < -0.4 is 0 Å². The third-order valence-corrected chi connectivity index (χ3v) is 6.88. The van der Waals surface area contributed by atoms with Crippen molar-refractivity contribution >= 4 is 16.2 Å². The average Bonchev–Trinajstić information content (AvgIpc) is 3.24. The van der Waals surface area contributed by atoms with Gasteiger partial charge in [0.05, 0.1) is 19.3 Å². The van der Waals surface area contributed by atoms with Crippen molar-refractivity contribution in [3.8, 4) is 11.1 Å². The lowest BCUT2D eigenvalue weighted by Gasteiger charge is -2.37. The molecule has 2 saturated heterocycles. The number of fused-ring (bicyclic) bond motifs is 4. The van der Waals surface area contributed by atoms with E-state index in [1.165, 1.54) is 4.90 Å². The van der Waals surface area contributed by atoms with Crippen LogP contribution in [-0.2, 0) is 28.5 Å². The van der Waals surface area contributed by atoms with Gasteiger partial charge in [0.2, 0.25) is 0 Å². The van der Waals surface area contributed by atoms with E-state index in [1.807, 2.05) is 24.3 Å². The molecule has 0 saturated carbocycles. The largest absolute Gasteiger partial charge is 0.448 e. The van der Waals surface area contributed by atoms with Crippen molar-refractivity contribution in [2.45, 2.75) is 43.9 Å². The summed E-state index contributed by atoms with van der Waals surface area (Å²) in [6.07, 6.45) is -1.53. The first kappa shape index (κ1) is 22.3. The minimum absolute atomic E-state index is 0.0321. The highest BCUT2D eigenvalue weighted by Gasteiger charge is 2.51. The first-order valence-corrected chi connectivity index (χ1v) is 12.8. The zero-order valence-electron chi connectivity index (χ0n) is 18.8. The molecule has 0 N–H and O–H groups in total. The fourth-order valence-corrected chi connectivity index (χ4v) is 5.70. The summed E-state index contributed by atoms with van der Waals surface area (Å²) in [6, 6.07) is 16.2. The summed E-state index contributed by atoms with van der Waals surface area (Å²) >= 11 is 0. The van der Waals surface area contributed by atoms with Gasteiger partial charge in [-0.25, -0.2) is 4.79 Å². The van der Waals surface area contributed by atoms with Crippen LogP contribution in [0, 0.1) is 0 Å². The molecule has 1 aliphatic carbocycles. The molecule has 0 bridgehead atoms. The van der Waals surface area contributed by atoms with Gasteiger partial charge >= 0.3 is 6.09 Å². The number of piperidine rings is 1. The lowest BCUT2D eigenvalue weighted by Crippen LogP contribution is -2.57. The molecule has 0 radical (unpaired) electrons. The number of hydrogen-bond donors (Lipinski definition) is 0. The van der Waals surface area contributed by atoms with Crippen LogP contribution >= 0.6 is 0 Å². The number of rotatable bonds is 4. The SMILES string of the molecule is CC1(C)O[C@H]2[C@H](CN(C(=O)OCC3c4ccccc4-c4ccccc43)C[C@H]2OS(C)(=O)=O)O1. The molecule has 9 heteroatoms. The minimum atomic E-state index is -3.76. The maximum absolute atomic E-state index is 13.0. The maximum atomic E-state index is 13.0. The molecule has 2 aliphatic heterocycles. The summed E-state index contributed by atoms with van der Waals surface area (Å²) in [5.74, 6) is -0.960. The Balaban J connectivity index is 1.32. The normalized spacial score (nSPS) is 25.9. The van der Waals surface area contributed by atoms with Crippen molar-refractivity contribution in [2.75, 3.05) is 26.0 Å². The lowest BCUT2D eigenvalue weighted by molar-refractivity contribution is -0.150. The van der Waals surface area contributed by atoms with Crippen molar-refractivity contribution in [2.24, 2.45) is 0 Å². The van der Waals surface area contributed by atoms with Gasteiger partial charge in [-0.15, -0.1) is 0 Å². The van der Waals surface area contributed by atoms with Gasteiger partial charge in [-0.3, -0.25) is 4.18 Å². The number of carbonyl (C=O) groups is 1. The molecule has 0 spiro atoms. The smallest absolute Gasteiger partial charge is 0.409 e. The summed E-state index contributed by atoms with van der Waals surface area (Å²) in [7, 11) is -3.76. The summed E-state index contributed by atoms with van der Waals surface area (Å²) in [4.78, 5) is 14.5. The molecule has 2 fully saturated rings. The number of benzene rings is 2. The molecule has 5 rings (SSSR count). The number of carbonyl (C=O) groups excluding carboxylic acids is 1. The topological polar surface area (TPSA) is 91.4 Å². The first-order valence-electron chi connectivity index (χ1n) is 11.0. The molecule has 1 amide bonds. The van der Waals surface area contributed by atoms with Crippen molar-refractivity contribution in [1.82, 2.24) is 4.90 Å². The van der Waals surface area contributed by atoms with E-state index >= 15 is 0 Å². The first-order chi connectivity index (χ1) is 15.6. The molecule has 3 atom stereocenters. The van der Waals surface area contributed by atoms with E-state index in [0.29, 0.717) is 0 Å². The summed E-state index contributed by atoms with van der Waals surface area (Å²) < 4.78 is 46.4. The van der Waals surface area contributed by atoms with Crippen molar-refractivity contribution in [1.29, 1.82) is 0 Å². The van der Waals surface area contributed by atoms with Gasteiger partial charge in [-0.1, -0.05) is 48.5 Å². The number of ether oxygens (including phenoxy) is 3. The van der Waals surface area contributed by atoms with Gasteiger partial charge in [0.1, 0.15) is 24.9 Å². The quantitative estimate of drug-likeness (QED) is 0.630. The molecule has 2 aromatic carbocycles. The molecular formula is C24H27NO7S. The summed E-state index contributed by atoms with van der Waals surface area (Å²) in [6.45, 7) is 3.94. The van der Waals surface area contributed by atoms with E-state index < -0.39 is 40.3 Å². The van der Waals surface area contributed by atoms with E-state index in [2.05, 4.69) is 24.3 Å². The predicted octanol–water partition coefficient (Wildman–Crippen LogP) is 3.12. The van der Waals surface area contributed by atoms with Crippen molar-refractivity contribution in [3.63, 3.8) is 0 Å². The van der Waals surface area contributed by atoms with Gasteiger partial charge < -0.3 is 19.1 Å². The highest BCUT2D eigenvalue weighted by atomic mass is 32.2. The number of nitrogens with zero attached hydrogens (tertiary/aromatic N) is 1. The molecular weight excluding hydrogens is 446 g/mol. The summed E-state index contributed by atoms with van der Waals surface area (Å²) in [5, 5.41) is 0. The van der Waals surface area contributed by atoms with Crippen LogP contribution in [0.5, 0.6) is 0 Å². The number of hydrogen-bond acceptors (Lipinski definition) is 7. The number of likely N-dealkylation sites (tertiary alicyclic amines) is 1. The van der Waals surface area contributed by atoms with Gasteiger partial charge in [-0.2, -0.15) is 8.42 Å². The Morgan fingerprint density at radius 1 is 1.03 bits per heavy atom. The second kappa shape index (κ2) is 8.09. The van der Waals surface area contributed by atoms with Crippen LogP contribution in [0.25, 0.3) is 11.1 Å². The molecule has 2 aromatic rings. The minimum Gasteiger partial charge on any atom is -0.448 e. The lowest BCUT2D eigenvalue weighted by atomic mass is 9.98. The molecule has 0 aromatic heterocycles. The van der Waals surface area contributed by atoms with Crippen LogP contribution in [0.15, 0.2) is 48.5 Å². The molecule has 2 heterocycles. The Kier molecular flexibility index (Phi) is 5.48.